The van der Waals surface area contributed by atoms with Gasteiger partial charge in [0, 0.05) is 3.98 Å². The Kier molecular flexibility index (Phi) is 4.56. The average Bonchev–Trinajstić information content (AvgIpc) is 2.14. The summed E-state index contributed by atoms with van der Waals surface area (Å²) in [6.07, 6.45) is 2.73. The molecule has 0 aromatic carbocycles. The van der Waals surface area contributed by atoms with E-state index in [9.17, 15) is 12.9 Å². The average molecular weight is 243 g/mol. The number of hydrogen-bond donors (Lipinski definition) is 0. The Hall–Kier alpha value is 0.555. The summed E-state index contributed by atoms with van der Waals surface area (Å²) in [7, 11) is 0. The van der Waals surface area contributed by atoms with Crippen molar-refractivity contribution in [1.29, 1.82) is 0 Å². The second kappa shape index (κ2) is 5.06. The molecule has 0 bridgehead atoms. The molecule has 0 unspecified atom stereocenters. The summed E-state index contributed by atoms with van der Waals surface area (Å²) < 4.78 is 37.4. The van der Waals surface area contributed by atoms with E-state index in [1.54, 1.807) is 0 Å². The van der Waals surface area contributed by atoms with Crippen LogP contribution < -0.4 is 0 Å². The van der Waals surface area contributed by atoms with Gasteiger partial charge in [-0.3, -0.25) is 0 Å². The highest BCUT2D eigenvalue weighted by atomic mass is 32.2. The Morgan fingerprint density at radius 3 is 2.21 bits per heavy atom. The molecule has 0 aliphatic carbocycles. The van der Waals surface area contributed by atoms with E-state index in [1.807, 2.05) is 6.92 Å². The van der Waals surface area contributed by atoms with Crippen LogP contribution in [0.1, 0.15) is 32.6 Å². The zero-order valence-corrected chi connectivity index (χ0v) is 9.90. The molecular weight excluding hydrogens is 228 g/mol. The molecule has 0 radical (unpaired) electrons. The van der Waals surface area contributed by atoms with Gasteiger partial charge in [-0.25, -0.2) is 0 Å². The Labute approximate surface area is 91.8 Å². The minimum Gasteiger partial charge on any atom is -0.448 e. The summed E-state index contributed by atoms with van der Waals surface area (Å²) >= 11 is 2.25. The van der Waals surface area contributed by atoms with E-state index in [-0.39, 0.29) is 0 Å². The smallest absolute Gasteiger partial charge is 0.448 e. The van der Waals surface area contributed by atoms with E-state index >= 15 is 0 Å². The largest absolute Gasteiger partial charge is 0.504 e. The van der Waals surface area contributed by atoms with Crippen molar-refractivity contribution in [3.8, 4) is 0 Å². The number of rotatable bonds is 4. The van der Waals surface area contributed by atoms with Crippen molar-refractivity contribution in [2.75, 3.05) is 11.5 Å². The topological polar surface area (TPSA) is 0 Å². The van der Waals surface area contributed by atoms with Gasteiger partial charge in [-0.15, -0.1) is 0 Å². The van der Waals surface area contributed by atoms with E-state index in [0.29, 0.717) is 24.3 Å². The van der Waals surface area contributed by atoms with Gasteiger partial charge in [0.2, 0.25) is 0 Å². The van der Waals surface area contributed by atoms with Crippen LogP contribution in [0, 0.1) is 0 Å². The lowest BCUT2D eigenvalue weighted by Crippen LogP contribution is -2.46. The van der Waals surface area contributed by atoms with Crippen molar-refractivity contribution in [1.82, 2.24) is 0 Å². The second-order valence-electron chi connectivity index (χ2n) is 3.54. The van der Waals surface area contributed by atoms with Crippen molar-refractivity contribution >= 4 is 30.5 Å². The molecule has 1 heterocycles. The molecule has 1 aliphatic heterocycles. The maximum atomic E-state index is 12.9. The molecule has 1 saturated heterocycles. The molecule has 14 heavy (non-hydrogen) atoms. The quantitative estimate of drug-likeness (QED) is 0.681. The molecular formula is C8H15BF3S2-. The fraction of sp³-hybridized carbons (Fsp3) is 1.00. The number of thioether (sulfide) groups is 2. The highest BCUT2D eigenvalue weighted by Gasteiger charge is 2.50. The van der Waals surface area contributed by atoms with E-state index in [4.69, 9.17) is 0 Å². The first kappa shape index (κ1) is 12.6. The maximum Gasteiger partial charge on any atom is 0.504 e. The summed E-state index contributed by atoms with van der Waals surface area (Å²) in [5.41, 5.74) is 0. The van der Waals surface area contributed by atoms with Crippen molar-refractivity contribution < 1.29 is 12.9 Å². The molecule has 0 saturated carbocycles. The van der Waals surface area contributed by atoms with Crippen LogP contribution in [0.15, 0.2) is 0 Å². The standard InChI is InChI=1S/C8H15BF3S2/c1-2-3-5-8(9(10,11)12)13-6-4-7-14-8/h2-7H2,1H3/q-1. The maximum absolute atomic E-state index is 12.9. The van der Waals surface area contributed by atoms with Crippen molar-refractivity contribution in [3.05, 3.63) is 0 Å². The lowest BCUT2D eigenvalue weighted by Gasteiger charge is -2.43. The van der Waals surface area contributed by atoms with Crippen LogP contribution in [0.4, 0.5) is 12.9 Å². The molecule has 6 heteroatoms. The highest BCUT2D eigenvalue weighted by Crippen LogP contribution is 2.52. The third-order valence-corrected chi connectivity index (χ3v) is 5.97. The predicted molar refractivity (Wildman–Crippen MR) is 60.9 cm³/mol. The van der Waals surface area contributed by atoms with Crippen LogP contribution in [0.5, 0.6) is 0 Å². The molecule has 0 spiro atoms. The normalized spacial score (nSPS) is 22.3. The van der Waals surface area contributed by atoms with Crippen LogP contribution in [-0.2, 0) is 0 Å². The first-order valence-corrected chi connectivity index (χ1v) is 6.96. The summed E-state index contributed by atoms with van der Waals surface area (Å²) in [5.74, 6) is 1.33. The Morgan fingerprint density at radius 2 is 1.79 bits per heavy atom. The summed E-state index contributed by atoms with van der Waals surface area (Å²) in [4.78, 5) is 0. The minimum absolute atomic E-state index is 0.294. The van der Waals surface area contributed by atoms with Crippen molar-refractivity contribution in [2.24, 2.45) is 0 Å². The molecule has 0 aromatic heterocycles. The third kappa shape index (κ3) is 2.78. The van der Waals surface area contributed by atoms with E-state index in [2.05, 4.69) is 0 Å². The molecule has 0 amide bonds. The van der Waals surface area contributed by atoms with Gasteiger partial charge in [0.15, 0.2) is 0 Å². The van der Waals surface area contributed by atoms with Crippen molar-refractivity contribution in [3.63, 3.8) is 0 Å². The van der Waals surface area contributed by atoms with Gasteiger partial charge < -0.3 is 12.9 Å². The number of hydrogen-bond acceptors (Lipinski definition) is 2. The lowest BCUT2D eigenvalue weighted by atomic mass is 9.81. The number of unbranched alkanes of at least 4 members (excludes halogenated alkanes) is 1. The Bertz CT molecular complexity index is 178. The van der Waals surface area contributed by atoms with Crippen LogP contribution >= 0.6 is 23.5 Å². The van der Waals surface area contributed by atoms with Gasteiger partial charge in [0.1, 0.15) is 0 Å². The fourth-order valence-electron chi connectivity index (χ4n) is 1.51. The molecule has 1 aliphatic rings. The van der Waals surface area contributed by atoms with Crippen LogP contribution in [0.2, 0.25) is 0 Å². The monoisotopic (exact) mass is 243 g/mol. The van der Waals surface area contributed by atoms with Crippen LogP contribution in [0.25, 0.3) is 0 Å². The van der Waals surface area contributed by atoms with Crippen molar-refractivity contribution in [2.45, 2.75) is 36.6 Å². The van der Waals surface area contributed by atoms with Gasteiger partial charge in [-0.2, -0.15) is 23.5 Å². The zero-order chi connectivity index (χ0) is 10.7. The Balaban J connectivity index is 2.67. The molecule has 1 rings (SSSR count). The number of halogens is 3. The van der Waals surface area contributed by atoms with Gasteiger partial charge >= 0.3 is 6.98 Å². The van der Waals surface area contributed by atoms with E-state index < -0.39 is 11.0 Å². The second-order valence-corrected chi connectivity index (χ2v) is 6.65. The minimum atomic E-state index is -4.71. The first-order chi connectivity index (χ1) is 6.52. The van der Waals surface area contributed by atoms with E-state index in [1.165, 1.54) is 0 Å². The molecule has 0 atom stereocenters. The molecule has 84 valence electrons. The fourth-order valence-corrected chi connectivity index (χ4v) is 4.75. The van der Waals surface area contributed by atoms with Gasteiger partial charge in [0.05, 0.1) is 0 Å². The summed E-state index contributed by atoms with van der Waals surface area (Å²) in [5, 5.41) is 0. The SMILES string of the molecule is CCCCC1([B-](F)(F)F)SCCCS1. The van der Waals surface area contributed by atoms with Gasteiger partial charge in [-0.05, 0) is 17.9 Å². The van der Waals surface area contributed by atoms with Crippen LogP contribution in [-0.4, -0.2) is 22.5 Å². The summed E-state index contributed by atoms with van der Waals surface area (Å²) in [6, 6.07) is 0. The molecule has 0 nitrogen and oxygen atoms in total. The molecule has 1 fully saturated rings. The van der Waals surface area contributed by atoms with Crippen LogP contribution in [0.3, 0.4) is 0 Å². The van der Waals surface area contributed by atoms with Gasteiger partial charge in [-0.1, -0.05) is 26.2 Å². The zero-order valence-electron chi connectivity index (χ0n) is 8.27. The predicted octanol–water partition coefficient (Wildman–Crippen LogP) is 4.13. The third-order valence-electron chi connectivity index (χ3n) is 2.36. The first-order valence-electron chi connectivity index (χ1n) is 4.99. The molecule has 0 N–H and O–H groups in total. The summed E-state index contributed by atoms with van der Waals surface area (Å²) in [6.45, 7) is -2.78. The van der Waals surface area contributed by atoms with E-state index in [0.717, 1.165) is 36.4 Å². The Morgan fingerprint density at radius 1 is 1.21 bits per heavy atom. The lowest BCUT2D eigenvalue weighted by molar-refractivity contribution is 0.444. The molecule has 0 aromatic rings. The van der Waals surface area contributed by atoms with Gasteiger partial charge in [0.25, 0.3) is 0 Å². The highest BCUT2D eigenvalue weighted by molar-refractivity contribution is 8.21.